The largest absolute Gasteiger partial charge is 0.494 e. The molecule has 0 saturated heterocycles. The maximum Gasteiger partial charge on any atom is 0.165 e. The Balaban J connectivity index is 2.03. The second kappa shape index (κ2) is 7.79. The molecule has 2 rings (SSSR count). The van der Waals surface area contributed by atoms with Gasteiger partial charge < -0.3 is 10.1 Å². The van der Waals surface area contributed by atoms with Gasteiger partial charge in [-0.2, -0.15) is 0 Å². The molecule has 1 aliphatic rings. The quantitative estimate of drug-likeness (QED) is 0.849. The van der Waals surface area contributed by atoms with Crippen LogP contribution in [0.3, 0.4) is 0 Å². The lowest BCUT2D eigenvalue weighted by atomic mass is 9.77. The van der Waals surface area contributed by atoms with Crippen LogP contribution in [0.4, 0.5) is 4.39 Å². The molecule has 0 aliphatic heterocycles. The van der Waals surface area contributed by atoms with Crippen LogP contribution in [0, 0.1) is 17.7 Å². The molecule has 1 aromatic rings. The predicted molar refractivity (Wildman–Crippen MR) is 85.2 cm³/mol. The Labute approximate surface area is 128 Å². The molecule has 1 atom stereocenters. The van der Waals surface area contributed by atoms with Crippen molar-refractivity contribution in [2.75, 3.05) is 13.7 Å². The third-order valence-electron chi connectivity index (χ3n) is 4.77. The Morgan fingerprint density at radius 1 is 1.29 bits per heavy atom. The first-order valence-electron chi connectivity index (χ1n) is 8.19. The molecule has 1 saturated carbocycles. The van der Waals surface area contributed by atoms with E-state index in [-0.39, 0.29) is 5.82 Å². The fourth-order valence-electron chi connectivity index (χ4n) is 3.45. The van der Waals surface area contributed by atoms with Crippen LogP contribution in [0.1, 0.15) is 45.1 Å². The maximum atomic E-state index is 13.8. The molecule has 0 bridgehead atoms. The first-order chi connectivity index (χ1) is 10.1. The van der Waals surface area contributed by atoms with Crippen LogP contribution in [0.15, 0.2) is 18.2 Å². The van der Waals surface area contributed by atoms with Crippen molar-refractivity contribution in [3.8, 4) is 5.75 Å². The number of hydrogen-bond donors (Lipinski definition) is 1. The van der Waals surface area contributed by atoms with Crippen molar-refractivity contribution in [1.29, 1.82) is 0 Å². The molecular formula is C18H28FNO. The molecule has 1 aromatic carbocycles. The summed E-state index contributed by atoms with van der Waals surface area (Å²) in [5.41, 5.74) is 1.05. The van der Waals surface area contributed by atoms with Gasteiger partial charge in [0.05, 0.1) is 7.11 Å². The van der Waals surface area contributed by atoms with Gasteiger partial charge in [0.15, 0.2) is 11.6 Å². The van der Waals surface area contributed by atoms with E-state index in [0.29, 0.717) is 17.7 Å². The van der Waals surface area contributed by atoms with Crippen molar-refractivity contribution >= 4 is 0 Å². The monoisotopic (exact) mass is 293 g/mol. The zero-order chi connectivity index (χ0) is 15.2. The molecule has 0 aromatic heterocycles. The topological polar surface area (TPSA) is 21.3 Å². The van der Waals surface area contributed by atoms with Crippen molar-refractivity contribution < 1.29 is 9.13 Å². The van der Waals surface area contributed by atoms with Crippen LogP contribution in [0.2, 0.25) is 0 Å². The van der Waals surface area contributed by atoms with Gasteiger partial charge in [0, 0.05) is 6.04 Å². The van der Waals surface area contributed by atoms with Gasteiger partial charge >= 0.3 is 0 Å². The summed E-state index contributed by atoms with van der Waals surface area (Å²) in [6.07, 6.45) is 6.12. The van der Waals surface area contributed by atoms with E-state index in [2.05, 4.69) is 19.2 Å². The van der Waals surface area contributed by atoms with Gasteiger partial charge in [-0.15, -0.1) is 0 Å². The number of benzene rings is 1. The van der Waals surface area contributed by atoms with Crippen LogP contribution >= 0.6 is 0 Å². The van der Waals surface area contributed by atoms with Gasteiger partial charge in [-0.3, -0.25) is 0 Å². The van der Waals surface area contributed by atoms with Gasteiger partial charge in [0.25, 0.3) is 0 Å². The Bertz CT molecular complexity index is 441. The van der Waals surface area contributed by atoms with E-state index >= 15 is 0 Å². The molecule has 0 amide bonds. The Hall–Kier alpha value is -1.09. The number of nitrogens with one attached hydrogen (secondary N) is 1. The smallest absolute Gasteiger partial charge is 0.165 e. The number of methoxy groups -OCH3 is 1. The van der Waals surface area contributed by atoms with Crippen molar-refractivity contribution in [2.24, 2.45) is 11.8 Å². The molecule has 0 heterocycles. The molecule has 1 fully saturated rings. The fraction of sp³-hybridized carbons (Fsp3) is 0.667. The highest BCUT2D eigenvalue weighted by Gasteiger charge is 2.25. The average molecular weight is 293 g/mol. The van der Waals surface area contributed by atoms with E-state index in [1.54, 1.807) is 12.1 Å². The van der Waals surface area contributed by atoms with Gasteiger partial charge in [-0.25, -0.2) is 4.39 Å². The number of ether oxygens (including phenoxy) is 1. The minimum absolute atomic E-state index is 0.262. The van der Waals surface area contributed by atoms with Gasteiger partial charge in [0.1, 0.15) is 0 Å². The number of likely N-dealkylation sites (N-methyl/N-ethyl adjacent to an activating group) is 1. The highest BCUT2D eigenvalue weighted by atomic mass is 19.1. The van der Waals surface area contributed by atoms with Crippen LogP contribution in [0.25, 0.3) is 0 Å². The minimum atomic E-state index is -0.262. The molecule has 2 nitrogen and oxygen atoms in total. The van der Waals surface area contributed by atoms with E-state index in [0.717, 1.165) is 24.4 Å². The average Bonchev–Trinajstić information content (AvgIpc) is 2.48. The lowest BCUT2D eigenvalue weighted by Crippen LogP contribution is -2.39. The van der Waals surface area contributed by atoms with Gasteiger partial charge in [0.2, 0.25) is 0 Å². The standard InChI is InChI=1S/C18H28FNO/c1-4-20-17(15-8-5-13(2)6-9-15)12-14-7-10-18(21-3)16(19)11-14/h7,10-11,13,15,17,20H,4-6,8-9,12H2,1-3H3. The second-order valence-electron chi connectivity index (χ2n) is 6.36. The highest BCUT2D eigenvalue weighted by molar-refractivity contribution is 5.29. The van der Waals surface area contributed by atoms with Gasteiger partial charge in [-0.05, 0) is 55.3 Å². The zero-order valence-electron chi connectivity index (χ0n) is 13.5. The summed E-state index contributed by atoms with van der Waals surface area (Å²) in [5.74, 6) is 1.64. The first-order valence-corrected chi connectivity index (χ1v) is 8.19. The van der Waals surface area contributed by atoms with E-state index in [1.807, 2.05) is 6.07 Å². The summed E-state index contributed by atoms with van der Waals surface area (Å²) < 4.78 is 18.8. The summed E-state index contributed by atoms with van der Waals surface area (Å²) in [7, 11) is 1.50. The van der Waals surface area contributed by atoms with Crippen molar-refractivity contribution in [3.63, 3.8) is 0 Å². The van der Waals surface area contributed by atoms with Crippen LogP contribution in [-0.2, 0) is 6.42 Å². The van der Waals surface area contributed by atoms with E-state index < -0.39 is 0 Å². The summed E-state index contributed by atoms with van der Waals surface area (Å²) in [6.45, 7) is 5.46. The summed E-state index contributed by atoms with van der Waals surface area (Å²) >= 11 is 0. The van der Waals surface area contributed by atoms with E-state index in [4.69, 9.17) is 4.74 Å². The predicted octanol–water partition coefficient (Wildman–Crippen LogP) is 4.18. The lowest BCUT2D eigenvalue weighted by Gasteiger charge is -2.33. The molecule has 1 aliphatic carbocycles. The fourth-order valence-corrected chi connectivity index (χ4v) is 3.45. The molecule has 0 radical (unpaired) electrons. The third kappa shape index (κ3) is 4.44. The Morgan fingerprint density at radius 3 is 2.57 bits per heavy atom. The van der Waals surface area contributed by atoms with Crippen molar-refractivity contribution in [2.45, 2.75) is 52.0 Å². The maximum absolute atomic E-state index is 13.8. The SMILES string of the molecule is CCNC(Cc1ccc(OC)c(F)c1)C1CCC(C)CC1. The molecule has 0 spiro atoms. The number of hydrogen-bond acceptors (Lipinski definition) is 2. The molecule has 3 heteroatoms. The summed E-state index contributed by atoms with van der Waals surface area (Å²) in [6, 6.07) is 5.79. The third-order valence-corrected chi connectivity index (χ3v) is 4.77. The zero-order valence-corrected chi connectivity index (χ0v) is 13.5. The summed E-state index contributed by atoms with van der Waals surface area (Å²) in [5, 5.41) is 3.61. The molecule has 118 valence electrons. The molecule has 1 unspecified atom stereocenters. The van der Waals surface area contributed by atoms with Gasteiger partial charge in [-0.1, -0.05) is 32.8 Å². The van der Waals surface area contributed by atoms with Crippen LogP contribution < -0.4 is 10.1 Å². The van der Waals surface area contributed by atoms with Crippen LogP contribution in [-0.4, -0.2) is 19.7 Å². The van der Waals surface area contributed by atoms with E-state index in [9.17, 15) is 4.39 Å². The van der Waals surface area contributed by atoms with Crippen molar-refractivity contribution in [3.05, 3.63) is 29.6 Å². The number of halogens is 1. The molecular weight excluding hydrogens is 265 g/mol. The van der Waals surface area contributed by atoms with Crippen molar-refractivity contribution in [1.82, 2.24) is 5.32 Å². The Morgan fingerprint density at radius 2 is 2.00 bits per heavy atom. The normalized spacial score (nSPS) is 23.8. The Kier molecular flexibility index (Phi) is 6.04. The lowest BCUT2D eigenvalue weighted by molar-refractivity contribution is 0.230. The molecule has 21 heavy (non-hydrogen) atoms. The minimum Gasteiger partial charge on any atom is -0.494 e. The summed E-state index contributed by atoms with van der Waals surface area (Å²) in [4.78, 5) is 0. The number of rotatable bonds is 6. The second-order valence-corrected chi connectivity index (χ2v) is 6.36. The van der Waals surface area contributed by atoms with E-state index in [1.165, 1.54) is 32.8 Å². The highest BCUT2D eigenvalue weighted by Crippen LogP contribution is 2.32. The molecule has 1 N–H and O–H groups in total. The first kappa shape index (κ1) is 16.3. The van der Waals surface area contributed by atoms with Crippen LogP contribution in [0.5, 0.6) is 5.75 Å².